The Hall–Kier alpha value is -2.97. The van der Waals surface area contributed by atoms with Gasteiger partial charge in [0.1, 0.15) is 6.10 Å². The standard InChI is InChI=1S/C21H23F2N5O2/c1-26-13-15(12-25-26)14-8-17-18(9-14)24-3-2-19(17)27-4-6-28(7-5-27)20(29)30-16-10-21(22,23)11-16/h2-3,8,12-13,16H,4-7,9-11H2,1H3. The van der Waals surface area contributed by atoms with Crippen molar-refractivity contribution in [3.05, 3.63) is 41.5 Å². The van der Waals surface area contributed by atoms with E-state index < -0.39 is 18.1 Å². The first-order chi connectivity index (χ1) is 14.4. The third-order valence-electron chi connectivity index (χ3n) is 6.00. The molecule has 3 heterocycles. The highest BCUT2D eigenvalue weighted by Crippen LogP contribution is 2.40. The number of rotatable bonds is 3. The van der Waals surface area contributed by atoms with Gasteiger partial charge in [-0.25, -0.2) is 13.6 Å². The van der Waals surface area contributed by atoms with Crippen LogP contribution >= 0.6 is 0 Å². The highest BCUT2D eigenvalue weighted by Gasteiger charge is 2.48. The second-order valence-corrected chi connectivity index (χ2v) is 8.18. The van der Waals surface area contributed by atoms with Crippen LogP contribution in [0.15, 0.2) is 24.7 Å². The number of alkyl halides is 2. The molecule has 0 atom stereocenters. The van der Waals surface area contributed by atoms with Gasteiger partial charge in [-0.3, -0.25) is 9.67 Å². The van der Waals surface area contributed by atoms with Crippen LogP contribution in [0.2, 0.25) is 0 Å². The number of pyridine rings is 1. The summed E-state index contributed by atoms with van der Waals surface area (Å²) in [6, 6.07) is 2.01. The predicted octanol–water partition coefficient (Wildman–Crippen LogP) is 2.97. The summed E-state index contributed by atoms with van der Waals surface area (Å²) in [6.07, 6.45) is 6.74. The number of piperazine rings is 1. The van der Waals surface area contributed by atoms with Gasteiger partial charge in [0.25, 0.3) is 5.92 Å². The van der Waals surface area contributed by atoms with E-state index in [1.807, 2.05) is 31.7 Å². The number of aryl methyl sites for hydroxylation is 1. The fourth-order valence-electron chi connectivity index (χ4n) is 4.29. The Morgan fingerprint density at radius 2 is 2.00 bits per heavy atom. The molecule has 0 N–H and O–H groups in total. The summed E-state index contributed by atoms with van der Waals surface area (Å²) < 4.78 is 32.9. The van der Waals surface area contributed by atoms with E-state index in [9.17, 15) is 13.6 Å². The summed E-state index contributed by atoms with van der Waals surface area (Å²) in [5.41, 5.74) is 5.54. The molecule has 1 saturated heterocycles. The normalized spacial score (nSPS) is 20.6. The van der Waals surface area contributed by atoms with Gasteiger partial charge in [0.15, 0.2) is 0 Å². The van der Waals surface area contributed by atoms with E-state index >= 15 is 0 Å². The van der Waals surface area contributed by atoms with Gasteiger partial charge in [0, 0.05) is 81.7 Å². The predicted molar refractivity (Wildman–Crippen MR) is 107 cm³/mol. The highest BCUT2D eigenvalue weighted by atomic mass is 19.3. The van der Waals surface area contributed by atoms with Crippen LogP contribution in [0.5, 0.6) is 0 Å². The maximum Gasteiger partial charge on any atom is 0.410 e. The zero-order valence-electron chi connectivity index (χ0n) is 16.7. The molecule has 2 aromatic heterocycles. The Bertz CT molecular complexity index is 1000. The Labute approximate surface area is 172 Å². The van der Waals surface area contributed by atoms with Gasteiger partial charge >= 0.3 is 6.09 Å². The van der Waals surface area contributed by atoms with E-state index in [2.05, 4.69) is 21.1 Å². The minimum atomic E-state index is -2.69. The summed E-state index contributed by atoms with van der Waals surface area (Å²) in [7, 11) is 1.90. The minimum Gasteiger partial charge on any atom is -0.446 e. The van der Waals surface area contributed by atoms with Gasteiger partial charge in [-0.05, 0) is 17.7 Å². The van der Waals surface area contributed by atoms with Crippen molar-refractivity contribution < 1.29 is 18.3 Å². The number of carbonyl (C=O) groups excluding carboxylic acids is 1. The summed E-state index contributed by atoms with van der Waals surface area (Å²) in [4.78, 5) is 20.6. The maximum atomic E-state index is 12.9. The van der Waals surface area contributed by atoms with Crippen molar-refractivity contribution in [3.8, 4) is 0 Å². The number of ether oxygens (including phenoxy) is 1. The van der Waals surface area contributed by atoms with Gasteiger partial charge in [-0.1, -0.05) is 0 Å². The summed E-state index contributed by atoms with van der Waals surface area (Å²) in [6.45, 7) is 2.31. The molecule has 2 fully saturated rings. The molecule has 0 aromatic carbocycles. The number of hydrogen-bond acceptors (Lipinski definition) is 5. The molecule has 9 heteroatoms. The van der Waals surface area contributed by atoms with Gasteiger partial charge in [0.2, 0.25) is 0 Å². The Morgan fingerprint density at radius 1 is 1.23 bits per heavy atom. The molecule has 7 nitrogen and oxygen atoms in total. The largest absolute Gasteiger partial charge is 0.446 e. The smallest absolute Gasteiger partial charge is 0.410 e. The molecule has 0 bridgehead atoms. The molecule has 30 heavy (non-hydrogen) atoms. The molecule has 1 saturated carbocycles. The van der Waals surface area contributed by atoms with Gasteiger partial charge < -0.3 is 14.5 Å². The monoisotopic (exact) mass is 415 g/mol. The Morgan fingerprint density at radius 3 is 2.67 bits per heavy atom. The van der Waals surface area contributed by atoms with E-state index in [4.69, 9.17) is 4.74 Å². The van der Waals surface area contributed by atoms with E-state index in [-0.39, 0.29) is 12.8 Å². The lowest BCUT2D eigenvalue weighted by atomic mass is 9.91. The van der Waals surface area contributed by atoms with Crippen LogP contribution in [0.1, 0.15) is 29.7 Å². The number of fused-ring (bicyclic) bond motifs is 1. The van der Waals surface area contributed by atoms with Crippen molar-refractivity contribution in [2.24, 2.45) is 7.05 Å². The number of anilines is 1. The van der Waals surface area contributed by atoms with Crippen LogP contribution in [0.3, 0.4) is 0 Å². The molecule has 158 valence electrons. The lowest BCUT2D eigenvalue weighted by molar-refractivity contribution is -0.147. The maximum absolute atomic E-state index is 12.9. The van der Waals surface area contributed by atoms with E-state index in [0.29, 0.717) is 26.2 Å². The van der Waals surface area contributed by atoms with Crippen molar-refractivity contribution in [1.82, 2.24) is 19.7 Å². The van der Waals surface area contributed by atoms with Crippen molar-refractivity contribution in [3.63, 3.8) is 0 Å². The van der Waals surface area contributed by atoms with Gasteiger partial charge in [-0.15, -0.1) is 0 Å². The molecule has 1 aliphatic heterocycles. The van der Waals surface area contributed by atoms with Crippen molar-refractivity contribution >= 4 is 23.4 Å². The lowest BCUT2D eigenvalue weighted by Gasteiger charge is -2.39. The fourth-order valence-corrected chi connectivity index (χ4v) is 4.29. The Balaban J connectivity index is 1.24. The van der Waals surface area contributed by atoms with Crippen LogP contribution in [0, 0.1) is 0 Å². The third kappa shape index (κ3) is 3.53. The third-order valence-corrected chi connectivity index (χ3v) is 6.00. The topological polar surface area (TPSA) is 63.5 Å². The molecule has 0 radical (unpaired) electrons. The van der Waals surface area contributed by atoms with E-state index in [1.165, 1.54) is 5.57 Å². The second kappa shape index (κ2) is 7.07. The molecular formula is C21H23F2N5O2. The van der Waals surface area contributed by atoms with Crippen molar-refractivity contribution in [1.29, 1.82) is 0 Å². The van der Waals surface area contributed by atoms with Crippen LogP contribution in [0.25, 0.3) is 11.6 Å². The second-order valence-electron chi connectivity index (χ2n) is 8.18. The summed E-state index contributed by atoms with van der Waals surface area (Å²) in [5.74, 6) is -2.69. The number of nitrogens with zero attached hydrogens (tertiary/aromatic N) is 5. The Kier molecular flexibility index (Phi) is 4.48. The van der Waals surface area contributed by atoms with Crippen LogP contribution in [-0.2, 0) is 18.2 Å². The van der Waals surface area contributed by atoms with Crippen LogP contribution < -0.4 is 4.90 Å². The zero-order chi connectivity index (χ0) is 20.9. The van der Waals surface area contributed by atoms with Crippen molar-refractivity contribution in [2.75, 3.05) is 31.1 Å². The summed E-state index contributed by atoms with van der Waals surface area (Å²) in [5, 5.41) is 4.25. The molecule has 3 aliphatic rings. The SMILES string of the molecule is Cn1cc(C2=Cc3c(N4CCN(C(=O)OC5CC(F)(F)C5)CC4)ccnc3C2)cn1. The first-order valence-electron chi connectivity index (χ1n) is 10.1. The number of hydrogen-bond donors (Lipinski definition) is 0. The average molecular weight is 415 g/mol. The zero-order valence-corrected chi connectivity index (χ0v) is 16.7. The minimum absolute atomic E-state index is 0.368. The molecule has 2 aliphatic carbocycles. The fraction of sp³-hybridized carbons (Fsp3) is 0.476. The van der Waals surface area contributed by atoms with E-state index in [0.717, 1.165) is 28.9 Å². The number of allylic oxidation sites excluding steroid dienone is 1. The molecule has 2 aromatic rings. The van der Waals surface area contributed by atoms with Gasteiger partial charge in [-0.2, -0.15) is 5.10 Å². The number of aromatic nitrogens is 3. The lowest BCUT2D eigenvalue weighted by Crippen LogP contribution is -2.51. The quantitative estimate of drug-likeness (QED) is 0.771. The van der Waals surface area contributed by atoms with Crippen LogP contribution in [-0.4, -0.2) is 64.0 Å². The molecule has 1 amide bonds. The summed E-state index contributed by atoms with van der Waals surface area (Å²) >= 11 is 0. The number of carbonyl (C=O) groups is 1. The average Bonchev–Trinajstić information content (AvgIpc) is 3.32. The molecule has 0 spiro atoms. The first-order valence-corrected chi connectivity index (χ1v) is 10.1. The molecule has 5 rings (SSSR count). The molecular weight excluding hydrogens is 392 g/mol. The van der Waals surface area contributed by atoms with Crippen LogP contribution in [0.4, 0.5) is 19.3 Å². The highest BCUT2D eigenvalue weighted by molar-refractivity contribution is 5.91. The number of amides is 1. The van der Waals surface area contributed by atoms with E-state index in [1.54, 1.807) is 9.58 Å². The first kappa shape index (κ1) is 19.0. The van der Waals surface area contributed by atoms with Crippen molar-refractivity contribution in [2.45, 2.75) is 31.3 Å². The van der Waals surface area contributed by atoms with Gasteiger partial charge in [0.05, 0.1) is 11.9 Å². The molecule has 0 unspecified atom stereocenters. The number of halogens is 2.